The standard InChI is InChI=1S/C13H20INO2/c1-11(2,3)17-10(16)15-4-9(5-15)12-6-13(14,7-12)8-12/h9H,4-8H2,1-3H3. The predicted molar refractivity (Wildman–Crippen MR) is 74.3 cm³/mol. The van der Waals surface area contributed by atoms with Gasteiger partial charge in [-0.25, -0.2) is 4.79 Å². The van der Waals surface area contributed by atoms with Crippen molar-refractivity contribution in [3.8, 4) is 0 Å². The van der Waals surface area contributed by atoms with E-state index in [4.69, 9.17) is 4.74 Å². The van der Waals surface area contributed by atoms with Gasteiger partial charge in [0, 0.05) is 22.4 Å². The molecular weight excluding hydrogens is 329 g/mol. The summed E-state index contributed by atoms with van der Waals surface area (Å²) in [4.78, 5) is 13.7. The Hall–Kier alpha value is 0. The van der Waals surface area contributed by atoms with Crippen molar-refractivity contribution in [2.75, 3.05) is 13.1 Å². The maximum Gasteiger partial charge on any atom is 0.410 e. The molecule has 0 atom stereocenters. The lowest BCUT2D eigenvalue weighted by atomic mass is 9.39. The summed E-state index contributed by atoms with van der Waals surface area (Å²) in [6.45, 7) is 7.60. The SMILES string of the molecule is CC(C)(C)OC(=O)N1CC(C23CC(I)(C2)C3)C1. The second-order valence-corrected chi connectivity index (χ2v) is 9.41. The molecule has 0 aromatic heterocycles. The van der Waals surface area contributed by atoms with E-state index in [9.17, 15) is 4.79 Å². The maximum absolute atomic E-state index is 11.8. The molecule has 0 aromatic carbocycles. The fourth-order valence-corrected chi connectivity index (χ4v) is 5.79. The second kappa shape index (κ2) is 3.31. The molecule has 2 bridgehead atoms. The van der Waals surface area contributed by atoms with Crippen LogP contribution < -0.4 is 0 Å². The molecule has 0 spiro atoms. The molecule has 1 saturated heterocycles. The van der Waals surface area contributed by atoms with Gasteiger partial charge in [-0.05, 0) is 45.4 Å². The number of rotatable bonds is 1. The highest BCUT2D eigenvalue weighted by Crippen LogP contribution is 2.75. The summed E-state index contributed by atoms with van der Waals surface area (Å²) >= 11 is 2.61. The van der Waals surface area contributed by atoms with E-state index in [-0.39, 0.29) is 11.7 Å². The number of hydrogen-bond acceptors (Lipinski definition) is 2. The van der Waals surface area contributed by atoms with Gasteiger partial charge in [-0.3, -0.25) is 0 Å². The van der Waals surface area contributed by atoms with Gasteiger partial charge in [0.25, 0.3) is 0 Å². The van der Waals surface area contributed by atoms with Gasteiger partial charge in [-0.15, -0.1) is 0 Å². The summed E-state index contributed by atoms with van der Waals surface area (Å²) in [5.74, 6) is 0.742. The molecule has 96 valence electrons. The van der Waals surface area contributed by atoms with Gasteiger partial charge in [0.1, 0.15) is 5.60 Å². The van der Waals surface area contributed by atoms with Crippen molar-refractivity contribution in [3.63, 3.8) is 0 Å². The van der Waals surface area contributed by atoms with Crippen molar-refractivity contribution in [2.45, 2.75) is 49.1 Å². The van der Waals surface area contributed by atoms with E-state index < -0.39 is 0 Å². The quantitative estimate of drug-likeness (QED) is 0.537. The molecule has 4 rings (SSSR count). The molecule has 1 aliphatic heterocycles. The Balaban J connectivity index is 1.48. The van der Waals surface area contributed by atoms with Gasteiger partial charge in [0.2, 0.25) is 0 Å². The molecule has 0 unspecified atom stereocenters. The lowest BCUT2D eigenvalue weighted by Crippen LogP contribution is -2.72. The van der Waals surface area contributed by atoms with Crippen molar-refractivity contribution in [1.82, 2.24) is 4.90 Å². The zero-order valence-electron chi connectivity index (χ0n) is 10.8. The second-order valence-electron chi connectivity index (χ2n) is 7.13. The fourth-order valence-electron chi connectivity index (χ4n) is 3.51. The van der Waals surface area contributed by atoms with E-state index in [1.165, 1.54) is 19.3 Å². The Labute approximate surface area is 116 Å². The highest BCUT2D eigenvalue weighted by atomic mass is 127. The van der Waals surface area contributed by atoms with Crippen LogP contribution >= 0.6 is 22.6 Å². The summed E-state index contributed by atoms with van der Waals surface area (Å²) in [7, 11) is 0. The number of alkyl halides is 1. The first kappa shape index (κ1) is 12.1. The Bertz CT molecular complexity index is 348. The zero-order valence-corrected chi connectivity index (χ0v) is 12.9. The smallest absolute Gasteiger partial charge is 0.410 e. The largest absolute Gasteiger partial charge is 0.444 e. The summed E-state index contributed by atoms with van der Waals surface area (Å²) in [6, 6.07) is 0. The Kier molecular flexibility index (Phi) is 2.34. The van der Waals surface area contributed by atoms with E-state index >= 15 is 0 Å². The lowest BCUT2D eigenvalue weighted by Gasteiger charge is -2.73. The highest BCUT2D eigenvalue weighted by molar-refractivity contribution is 14.1. The molecule has 3 aliphatic carbocycles. The number of carbonyl (C=O) groups excluding carboxylic acids is 1. The van der Waals surface area contributed by atoms with Crippen LogP contribution in [0.15, 0.2) is 0 Å². The van der Waals surface area contributed by atoms with Crippen LogP contribution in [0.25, 0.3) is 0 Å². The van der Waals surface area contributed by atoms with E-state index in [0.29, 0.717) is 8.84 Å². The number of carbonyl (C=O) groups is 1. The van der Waals surface area contributed by atoms with Gasteiger partial charge in [-0.1, -0.05) is 22.6 Å². The molecule has 17 heavy (non-hydrogen) atoms. The number of ether oxygens (including phenoxy) is 1. The fraction of sp³-hybridized carbons (Fsp3) is 0.923. The van der Waals surface area contributed by atoms with Crippen LogP contribution in [-0.2, 0) is 4.74 Å². The molecule has 0 aromatic rings. The number of hydrogen-bond donors (Lipinski definition) is 0. The van der Waals surface area contributed by atoms with Gasteiger partial charge in [0.05, 0.1) is 0 Å². The van der Waals surface area contributed by atoms with Gasteiger partial charge >= 0.3 is 6.09 Å². The van der Waals surface area contributed by atoms with E-state index in [1.54, 1.807) is 0 Å². The molecule has 3 nitrogen and oxygen atoms in total. The maximum atomic E-state index is 11.8. The normalized spacial score (nSPS) is 40.1. The first-order chi connectivity index (χ1) is 7.72. The molecule has 4 fully saturated rings. The first-order valence-electron chi connectivity index (χ1n) is 6.38. The van der Waals surface area contributed by atoms with Crippen molar-refractivity contribution in [1.29, 1.82) is 0 Å². The lowest BCUT2D eigenvalue weighted by molar-refractivity contribution is -0.156. The molecule has 3 saturated carbocycles. The molecule has 0 radical (unpaired) electrons. The van der Waals surface area contributed by atoms with Crippen LogP contribution in [0.2, 0.25) is 0 Å². The highest BCUT2D eigenvalue weighted by Gasteiger charge is 2.70. The predicted octanol–water partition coefficient (Wildman–Crippen LogP) is 3.21. The van der Waals surface area contributed by atoms with Crippen LogP contribution in [0.1, 0.15) is 40.0 Å². The molecule has 4 aliphatic rings. The summed E-state index contributed by atoms with van der Waals surface area (Å²) < 4.78 is 6.02. The zero-order chi connectivity index (χ0) is 12.5. The summed E-state index contributed by atoms with van der Waals surface area (Å²) in [5.41, 5.74) is 0.241. The molecule has 1 heterocycles. The third kappa shape index (κ3) is 1.87. The van der Waals surface area contributed by atoms with Crippen LogP contribution in [0, 0.1) is 11.3 Å². The minimum atomic E-state index is -0.370. The first-order valence-corrected chi connectivity index (χ1v) is 7.46. The number of nitrogens with zero attached hydrogens (tertiary/aromatic N) is 1. The summed E-state index contributed by atoms with van der Waals surface area (Å²) in [5, 5.41) is 0. The van der Waals surface area contributed by atoms with E-state index in [1.807, 2.05) is 25.7 Å². The van der Waals surface area contributed by atoms with Crippen molar-refractivity contribution < 1.29 is 9.53 Å². The average Bonchev–Trinajstić information content (AvgIpc) is 1.91. The Morgan fingerprint density at radius 3 is 2.24 bits per heavy atom. The van der Waals surface area contributed by atoms with Gasteiger partial charge in [0.15, 0.2) is 0 Å². The minimum Gasteiger partial charge on any atom is -0.444 e. The number of amides is 1. The number of halogens is 1. The third-order valence-corrected chi connectivity index (χ3v) is 5.55. The van der Waals surface area contributed by atoms with Gasteiger partial charge in [-0.2, -0.15) is 0 Å². The van der Waals surface area contributed by atoms with Crippen molar-refractivity contribution >= 4 is 28.7 Å². The third-order valence-electron chi connectivity index (χ3n) is 4.41. The minimum absolute atomic E-state index is 0.135. The van der Waals surface area contributed by atoms with Gasteiger partial charge < -0.3 is 9.64 Å². The Morgan fingerprint density at radius 1 is 1.29 bits per heavy atom. The number of likely N-dealkylation sites (tertiary alicyclic amines) is 1. The molecule has 0 N–H and O–H groups in total. The van der Waals surface area contributed by atoms with Crippen molar-refractivity contribution in [2.24, 2.45) is 11.3 Å². The van der Waals surface area contributed by atoms with Crippen molar-refractivity contribution in [3.05, 3.63) is 0 Å². The average molecular weight is 349 g/mol. The molecule has 1 amide bonds. The monoisotopic (exact) mass is 349 g/mol. The van der Waals surface area contributed by atoms with E-state index in [2.05, 4.69) is 22.6 Å². The summed E-state index contributed by atoms with van der Waals surface area (Å²) in [6.07, 6.45) is 4.01. The van der Waals surface area contributed by atoms with Crippen LogP contribution in [0.3, 0.4) is 0 Å². The topological polar surface area (TPSA) is 29.5 Å². The Morgan fingerprint density at radius 2 is 1.82 bits per heavy atom. The van der Waals surface area contributed by atoms with Crippen LogP contribution in [-0.4, -0.2) is 33.1 Å². The van der Waals surface area contributed by atoms with E-state index in [0.717, 1.165) is 19.0 Å². The molecule has 4 heteroatoms. The van der Waals surface area contributed by atoms with Crippen LogP contribution in [0.4, 0.5) is 4.79 Å². The molecular formula is C13H20INO2. The van der Waals surface area contributed by atoms with Crippen LogP contribution in [0.5, 0.6) is 0 Å².